The zero-order valence-electron chi connectivity index (χ0n) is 19.6. The van der Waals surface area contributed by atoms with Crippen LogP contribution in [0.25, 0.3) is 21.8 Å². The molecule has 4 rings (SSSR count). The highest BCUT2D eigenvalue weighted by Gasteiger charge is 2.11. The van der Waals surface area contributed by atoms with Gasteiger partial charge in [0.1, 0.15) is 0 Å². The number of rotatable bonds is 12. The van der Waals surface area contributed by atoms with Gasteiger partial charge < -0.3 is 14.8 Å². The van der Waals surface area contributed by atoms with E-state index in [2.05, 4.69) is 95.5 Å². The van der Waals surface area contributed by atoms with E-state index >= 15 is 0 Å². The fraction of sp³-hybridized carbons (Fsp3) is 0.393. The lowest BCUT2D eigenvalue weighted by Crippen LogP contribution is -2.25. The summed E-state index contributed by atoms with van der Waals surface area (Å²) in [4.78, 5) is 7.29. The maximum atomic E-state index is 4.80. The van der Waals surface area contributed by atoms with Gasteiger partial charge in [0.2, 0.25) is 0 Å². The molecule has 0 fully saturated rings. The third kappa shape index (κ3) is 5.37. The number of hydrogen-bond donors (Lipinski definition) is 1. The van der Waals surface area contributed by atoms with E-state index < -0.39 is 0 Å². The average Bonchev–Trinajstić information content (AvgIpc) is 3.16. The molecule has 0 bridgehead atoms. The summed E-state index contributed by atoms with van der Waals surface area (Å²) in [6.07, 6.45) is 5.54. The number of benzene rings is 2. The summed E-state index contributed by atoms with van der Waals surface area (Å²) in [7, 11) is 0. The lowest BCUT2D eigenvalue weighted by Gasteiger charge is -2.17. The first kappa shape index (κ1) is 22.5. The van der Waals surface area contributed by atoms with E-state index in [1.807, 2.05) is 0 Å². The highest BCUT2D eigenvalue weighted by molar-refractivity contribution is 6.07. The van der Waals surface area contributed by atoms with E-state index in [1.54, 1.807) is 0 Å². The summed E-state index contributed by atoms with van der Waals surface area (Å²) in [6, 6.07) is 21.7. The lowest BCUT2D eigenvalue weighted by atomic mass is 10.1. The number of aromatic nitrogens is 2. The molecule has 0 saturated carbocycles. The van der Waals surface area contributed by atoms with Crippen LogP contribution in [0.2, 0.25) is 0 Å². The Bertz CT molecular complexity index is 1110. The monoisotopic (exact) mass is 428 g/mol. The summed E-state index contributed by atoms with van der Waals surface area (Å²) >= 11 is 0. The van der Waals surface area contributed by atoms with Gasteiger partial charge in [-0.15, -0.1) is 0 Å². The van der Waals surface area contributed by atoms with Crippen molar-refractivity contribution in [1.29, 1.82) is 0 Å². The second-order valence-electron chi connectivity index (χ2n) is 8.51. The normalized spacial score (nSPS) is 11.7. The number of unbranched alkanes of at least 4 members (excludes halogenated alkanes) is 1. The van der Waals surface area contributed by atoms with Crippen LogP contribution < -0.4 is 5.32 Å². The molecule has 0 spiro atoms. The van der Waals surface area contributed by atoms with E-state index in [-0.39, 0.29) is 0 Å². The summed E-state index contributed by atoms with van der Waals surface area (Å²) in [5.74, 6) is 0. The molecule has 0 atom stereocenters. The maximum absolute atomic E-state index is 4.80. The maximum Gasteiger partial charge on any atom is 0.0678 e. The summed E-state index contributed by atoms with van der Waals surface area (Å²) in [5.41, 5.74) is 5.01. The number of nitrogens with one attached hydrogen (secondary N) is 1. The molecule has 0 aliphatic rings. The predicted octanol–water partition coefficient (Wildman–Crippen LogP) is 5.64. The van der Waals surface area contributed by atoms with Crippen LogP contribution in [-0.2, 0) is 19.5 Å². The molecule has 2 aromatic heterocycles. The lowest BCUT2D eigenvalue weighted by molar-refractivity contribution is 0.296. The van der Waals surface area contributed by atoms with Gasteiger partial charge in [0.15, 0.2) is 0 Å². The number of aryl methyl sites for hydroxylation is 2. The molecule has 32 heavy (non-hydrogen) atoms. The van der Waals surface area contributed by atoms with E-state index in [1.165, 1.54) is 46.8 Å². The molecule has 0 radical (unpaired) electrons. The van der Waals surface area contributed by atoms with Crippen LogP contribution in [0, 0.1) is 0 Å². The Morgan fingerprint density at radius 1 is 0.875 bits per heavy atom. The van der Waals surface area contributed by atoms with Crippen molar-refractivity contribution in [2.45, 2.75) is 46.2 Å². The molecule has 2 heterocycles. The fourth-order valence-electron chi connectivity index (χ4n) is 4.55. The van der Waals surface area contributed by atoms with E-state index in [9.17, 15) is 0 Å². The van der Waals surface area contributed by atoms with Gasteiger partial charge in [0.25, 0.3) is 0 Å². The molecule has 1 N–H and O–H groups in total. The minimum Gasteiger partial charge on any atom is -0.339 e. The van der Waals surface area contributed by atoms with Crippen molar-refractivity contribution >= 4 is 21.8 Å². The van der Waals surface area contributed by atoms with Crippen LogP contribution in [0.3, 0.4) is 0 Å². The minimum absolute atomic E-state index is 0.824. The number of pyridine rings is 1. The molecular formula is C28H36N4. The molecule has 4 aromatic rings. The molecular weight excluding hydrogens is 392 g/mol. The van der Waals surface area contributed by atoms with Crippen LogP contribution in [0.15, 0.2) is 66.9 Å². The zero-order valence-corrected chi connectivity index (χ0v) is 19.6. The summed E-state index contributed by atoms with van der Waals surface area (Å²) in [6.45, 7) is 10.8. The second-order valence-corrected chi connectivity index (χ2v) is 8.51. The highest BCUT2D eigenvalue weighted by Crippen LogP contribution is 2.29. The van der Waals surface area contributed by atoms with Crippen molar-refractivity contribution in [2.75, 3.05) is 26.2 Å². The smallest absolute Gasteiger partial charge is 0.0678 e. The van der Waals surface area contributed by atoms with Gasteiger partial charge in [0.05, 0.1) is 17.4 Å². The van der Waals surface area contributed by atoms with Gasteiger partial charge in [-0.2, -0.15) is 0 Å². The molecule has 4 nitrogen and oxygen atoms in total. The largest absolute Gasteiger partial charge is 0.339 e. The predicted molar refractivity (Wildman–Crippen MR) is 136 cm³/mol. The van der Waals surface area contributed by atoms with Crippen LogP contribution in [0.5, 0.6) is 0 Å². The Morgan fingerprint density at radius 3 is 2.47 bits per heavy atom. The molecule has 0 aliphatic carbocycles. The average molecular weight is 429 g/mol. The SMILES string of the molecule is CCN(CC)CCCCNCc1cc2c3ccccc3n(CCc3ccccc3)c2cn1. The highest BCUT2D eigenvalue weighted by atomic mass is 15.1. The topological polar surface area (TPSA) is 33.1 Å². The van der Waals surface area contributed by atoms with E-state index in [0.29, 0.717) is 0 Å². The van der Waals surface area contributed by atoms with Crippen molar-refractivity contribution in [2.24, 2.45) is 0 Å². The van der Waals surface area contributed by atoms with Crippen molar-refractivity contribution in [3.05, 3.63) is 78.1 Å². The third-order valence-corrected chi connectivity index (χ3v) is 6.46. The number of fused-ring (bicyclic) bond motifs is 3. The molecule has 2 aromatic carbocycles. The van der Waals surface area contributed by atoms with E-state index in [0.717, 1.165) is 44.8 Å². The summed E-state index contributed by atoms with van der Waals surface area (Å²) in [5, 5.41) is 6.22. The van der Waals surface area contributed by atoms with Gasteiger partial charge in [-0.25, -0.2) is 0 Å². The van der Waals surface area contributed by atoms with Gasteiger partial charge in [-0.1, -0.05) is 62.4 Å². The number of nitrogens with zero attached hydrogens (tertiary/aromatic N) is 3. The number of hydrogen-bond acceptors (Lipinski definition) is 3. The van der Waals surface area contributed by atoms with Gasteiger partial charge in [-0.05, 0) is 63.1 Å². The van der Waals surface area contributed by atoms with Crippen LogP contribution >= 0.6 is 0 Å². The number of para-hydroxylation sites is 1. The van der Waals surface area contributed by atoms with Crippen LogP contribution in [-0.4, -0.2) is 40.6 Å². The Kier molecular flexibility index (Phi) is 7.92. The Balaban J connectivity index is 1.43. The van der Waals surface area contributed by atoms with Crippen molar-refractivity contribution in [3.63, 3.8) is 0 Å². The Hall–Kier alpha value is -2.69. The molecule has 0 unspecified atom stereocenters. The van der Waals surface area contributed by atoms with Crippen LogP contribution in [0.1, 0.15) is 37.9 Å². The van der Waals surface area contributed by atoms with Gasteiger partial charge in [0, 0.05) is 29.4 Å². The second kappa shape index (κ2) is 11.3. The molecule has 0 aliphatic heterocycles. The Morgan fingerprint density at radius 2 is 1.66 bits per heavy atom. The molecule has 168 valence electrons. The van der Waals surface area contributed by atoms with Crippen LogP contribution in [0.4, 0.5) is 0 Å². The molecule has 4 heteroatoms. The molecule has 0 amide bonds. The summed E-state index contributed by atoms with van der Waals surface area (Å²) < 4.78 is 2.43. The van der Waals surface area contributed by atoms with Crippen molar-refractivity contribution in [3.8, 4) is 0 Å². The zero-order chi connectivity index (χ0) is 22.2. The third-order valence-electron chi connectivity index (χ3n) is 6.46. The van der Waals surface area contributed by atoms with E-state index in [4.69, 9.17) is 4.98 Å². The minimum atomic E-state index is 0.824. The fourth-order valence-corrected chi connectivity index (χ4v) is 4.55. The standard InChI is InChI=1S/C28H36N4/c1-3-31(4-2)18-11-10-17-29-21-24-20-26-25-14-8-9-15-27(25)32(28(26)22-30-24)19-16-23-12-6-5-7-13-23/h5-9,12-15,20,22,29H,3-4,10-11,16-19,21H2,1-2H3. The molecule has 0 saturated heterocycles. The Labute approximate surface area is 192 Å². The first-order valence-electron chi connectivity index (χ1n) is 12.1. The first-order chi connectivity index (χ1) is 15.8. The quantitative estimate of drug-likeness (QED) is 0.296. The van der Waals surface area contributed by atoms with Gasteiger partial charge >= 0.3 is 0 Å². The van der Waals surface area contributed by atoms with Gasteiger partial charge in [-0.3, -0.25) is 4.98 Å². The van der Waals surface area contributed by atoms with Crippen molar-refractivity contribution < 1.29 is 0 Å². The first-order valence-corrected chi connectivity index (χ1v) is 12.1. The van der Waals surface area contributed by atoms with Crippen molar-refractivity contribution in [1.82, 2.24) is 19.8 Å².